The van der Waals surface area contributed by atoms with E-state index < -0.39 is 0 Å². The first-order valence-corrected chi connectivity index (χ1v) is 11.5. The number of fused-ring (bicyclic) bond motifs is 2. The zero-order chi connectivity index (χ0) is 20.9. The van der Waals surface area contributed by atoms with Gasteiger partial charge in [-0.05, 0) is 62.4 Å². The summed E-state index contributed by atoms with van der Waals surface area (Å²) < 4.78 is 0. The Hall–Kier alpha value is -2.62. The molecular weight excluding hydrogens is 368 g/mol. The Bertz CT molecular complexity index is 1120. The number of rotatable bonds is 10. The van der Waals surface area contributed by atoms with Crippen LogP contribution in [0.5, 0.6) is 0 Å². The van der Waals surface area contributed by atoms with Crippen LogP contribution in [-0.2, 0) is 12.8 Å². The molecule has 0 fully saturated rings. The van der Waals surface area contributed by atoms with E-state index in [2.05, 4.69) is 61.1 Å². The van der Waals surface area contributed by atoms with Crippen LogP contribution in [0.15, 0.2) is 30.3 Å². The molecule has 2 aromatic carbocycles. The Labute approximate surface area is 179 Å². The highest BCUT2D eigenvalue weighted by Crippen LogP contribution is 2.20. The molecule has 4 nitrogen and oxygen atoms in total. The van der Waals surface area contributed by atoms with Crippen LogP contribution in [-0.4, -0.2) is 19.9 Å². The zero-order valence-electron chi connectivity index (χ0n) is 18.6. The quantitative estimate of drug-likeness (QED) is 0.284. The van der Waals surface area contributed by atoms with E-state index in [1.807, 2.05) is 0 Å². The highest BCUT2D eigenvalue weighted by atomic mass is 14.9. The maximum absolute atomic E-state index is 4.82. The Morgan fingerprint density at radius 1 is 0.600 bits per heavy atom. The molecule has 0 saturated heterocycles. The number of imidazole rings is 2. The third kappa shape index (κ3) is 4.75. The molecule has 0 aliphatic heterocycles. The van der Waals surface area contributed by atoms with Gasteiger partial charge >= 0.3 is 0 Å². The van der Waals surface area contributed by atoms with Crippen LogP contribution in [0.2, 0.25) is 0 Å². The number of hydrogen-bond donors (Lipinski definition) is 2. The molecule has 0 aliphatic carbocycles. The van der Waals surface area contributed by atoms with E-state index in [0.29, 0.717) is 0 Å². The summed E-state index contributed by atoms with van der Waals surface area (Å²) in [4.78, 5) is 16.5. The summed E-state index contributed by atoms with van der Waals surface area (Å²) in [5, 5.41) is 0. The average molecular weight is 403 g/mol. The van der Waals surface area contributed by atoms with Gasteiger partial charge in [-0.15, -0.1) is 0 Å². The second-order valence-electron chi connectivity index (χ2n) is 8.72. The summed E-state index contributed by atoms with van der Waals surface area (Å²) in [5.74, 6) is 2.27. The molecule has 30 heavy (non-hydrogen) atoms. The smallest absolute Gasteiger partial charge is 0.107 e. The van der Waals surface area contributed by atoms with Gasteiger partial charge in [0.25, 0.3) is 0 Å². The normalized spacial score (nSPS) is 11.7. The van der Waals surface area contributed by atoms with Crippen LogP contribution in [0.4, 0.5) is 0 Å². The molecule has 4 rings (SSSR count). The number of nitrogens with one attached hydrogen (secondary N) is 2. The van der Waals surface area contributed by atoms with Gasteiger partial charge in [0, 0.05) is 12.8 Å². The molecule has 0 saturated carbocycles. The number of benzene rings is 2. The van der Waals surface area contributed by atoms with Crippen molar-refractivity contribution in [3.8, 4) is 0 Å². The Kier molecular flexibility index (Phi) is 6.51. The van der Waals surface area contributed by atoms with E-state index in [-0.39, 0.29) is 0 Å². The number of nitrogens with zero attached hydrogens (tertiary/aromatic N) is 2. The summed E-state index contributed by atoms with van der Waals surface area (Å²) in [6.45, 7) is 6.45. The third-order valence-electron chi connectivity index (χ3n) is 6.32. The fourth-order valence-corrected chi connectivity index (χ4v) is 4.30. The fourth-order valence-electron chi connectivity index (χ4n) is 4.30. The number of aromatic amines is 2. The molecule has 0 atom stereocenters. The summed E-state index contributed by atoms with van der Waals surface area (Å²) >= 11 is 0. The van der Waals surface area contributed by atoms with Crippen molar-refractivity contribution in [1.29, 1.82) is 0 Å². The number of hydrogen-bond acceptors (Lipinski definition) is 2. The van der Waals surface area contributed by atoms with Crippen LogP contribution < -0.4 is 0 Å². The molecule has 0 bridgehead atoms. The maximum Gasteiger partial charge on any atom is 0.107 e. The van der Waals surface area contributed by atoms with Gasteiger partial charge in [-0.25, -0.2) is 9.97 Å². The predicted molar refractivity (Wildman–Crippen MR) is 126 cm³/mol. The second-order valence-corrected chi connectivity index (χ2v) is 8.72. The highest BCUT2D eigenvalue weighted by molar-refractivity contribution is 5.80. The lowest BCUT2D eigenvalue weighted by Crippen LogP contribution is -1.90. The molecule has 0 radical (unpaired) electrons. The highest BCUT2D eigenvalue weighted by Gasteiger charge is 2.07. The van der Waals surface area contributed by atoms with Crippen molar-refractivity contribution in [1.82, 2.24) is 19.9 Å². The van der Waals surface area contributed by atoms with Crippen molar-refractivity contribution in [2.24, 2.45) is 0 Å². The Morgan fingerprint density at radius 2 is 1.17 bits per heavy atom. The lowest BCUT2D eigenvalue weighted by Gasteiger charge is -2.01. The first-order valence-electron chi connectivity index (χ1n) is 11.5. The zero-order valence-corrected chi connectivity index (χ0v) is 18.6. The standard InChI is InChI=1S/C26H34N4/c1-18-16-17-22-26(20(18)3)30-24(28-22)15-10-8-6-4-5-7-9-14-23-27-21-13-11-12-19(2)25(21)29-23/h11-13,16-17H,4-10,14-15H2,1-3H3,(H,27,29)(H,28,30). The van der Waals surface area contributed by atoms with Crippen molar-refractivity contribution < 1.29 is 0 Å². The summed E-state index contributed by atoms with van der Waals surface area (Å²) in [6, 6.07) is 10.7. The topological polar surface area (TPSA) is 57.4 Å². The van der Waals surface area contributed by atoms with Crippen molar-refractivity contribution >= 4 is 22.1 Å². The number of unbranched alkanes of at least 4 members (excludes halogenated alkanes) is 6. The molecule has 4 aromatic rings. The molecule has 2 aromatic heterocycles. The average Bonchev–Trinajstić information content (AvgIpc) is 3.34. The largest absolute Gasteiger partial charge is 0.342 e. The lowest BCUT2D eigenvalue weighted by molar-refractivity contribution is 0.573. The fraction of sp³-hybridized carbons (Fsp3) is 0.462. The summed E-state index contributed by atoms with van der Waals surface area (Å²) in [6.07, 6.45) is 11.1. The van der Waals surface area contributed by atoms with Gasteiger partial charge in [0.05, 0.1) is 22.1 Å². The monoisotopic (exact) mass is 402 g/mol. The van der Waals surface area contributed by atoms with Crippen molar-refractivity contribution in [3.63, 3.8) is 0 Å². The van der Waals surface area contributed by atoms with Gasteiger partial charge in [0.15, 0.2) is 0 Å². The van der Waals surface area contributed by atoms with Crippen LogP contribution in [0.25, 0.3) is 22.1 Å². The van der Waals surface area contributed by atoms with Crippen LogP contribution >= 0.6 is 0 Å². The van der Waals surface area contributed by atoms with Gasteiger partial charge in [-0.1, -0.05) is 50.3 Å². The molecule has 158 valence electrons. The predicted octanol–water partition coefficient (Wildman–Crippen LogP) is 6.88. The minimum Gasteiger partial charge on any atom is -0.342 e. The van der Waals surface area contributed by atoms with Gasteiger partial charge in [-0.2, -0.15) is 0 Å². The summed E-state index contributed by atoms with van der Waals surface area (Å²) in [7, 11) is 0. The van der Waals surface area contributed by atoms with Crippen LogP contribution in [0.3, 0.4) is 0 Å². The molecule has 4 heteroatoms. The summed E-state index contributed by atoms with van der Waals surface area (Å²) in [5.41, 5.74) is 8.48. The van der Waals surface area contributed by atoms with E-state index in [4.69, 9.17) is 9.97 Å². The molecule has 2 N–H and O–H groups in total. The van der Waals surface area contributed by atoms with E-state index in [9.17, 15) is 0 Å². The van der Waals surface area contributed by atoms with Crippen molar-refractivity contribution in [2.45, 2.75) is 78.6 Å². The van der Waals surface area contributed by atoms with E-state index in [1.165, 1.54) is 72.7 Å². The van der Waals surface area contributed by atoms with Gasteiger partial charge in [0.2, 0.25) is 0 Å². The minimum atomic E-state index is 1.05. The minimum absolute atomic E-state index is 1.05. The Balaban J connectivity index is 1.10. The van der Waals surface area contributed by atoms with E-state index in [1.54, 1.807) is 0 Å². The second kappa shape index (κ2) is 9.46. The van der Waals surface area contributed by atoms with Gasteiger partial charge < -0.3 is 9.97 Å². The van der Waals surface area contributed by atoms with Crippen LogP contribution in [0.1, 0.15) is 73.3 Å². The number of para-hydroxylation sites is 1. The Morgan fingerprint density at radius 3 is 1.80 bits per heavy atom. The maximum atomic E-state index is 4.82. The molecular formula is C26H34N4. The number of H-pyrrole nitrogens is 2. The molecule has 0 aliphatic rings. The first kappa shape index (κ1) is 20.6. The van der Waals surface area contributed by atoms with E-state index >= 15 is 0 Å². The first-order chi connectivity index (χ1) is 14.6. The lowest BCUT2D eigenvalue weighted by atomic mass is 10.1. The number of aryl methyl sites for hydroxylation is 5. The van der Waals surface area contributed by atoms with Crippen LogP contribution in [0, 0.1) is 20.8 Å². The van der Waals surface area contributed by atoms with Crippen molar-refractivity contribution in [2.75, 3.05) is 0 Å². The third-order valence-corrected chi connectivity index (χ3v) is 6.32. The molecule has 0 unspecified atom stereocenters. The van der Waals surface area contributed by atoms with Gasteiger partial charge in [0.1, 0.15) is 11.6 Å². The van der Waals surface area contributed by atoms with Gasteiger partial charge in [-0.3, -0.25) is 0 Å². The molecule has 0 amide bonds. The van der Waals surface area contributed by atoms with Crippen molar-refractivity contribution in [3.05, 3.63) is 58.7 Å². The number of aromatic nitrogens is 4. The SMILES string of the molecule is Cc1ccc2[nH]c(CCCCCCCCCc3nc4c(C)cccc4[nH]3)nc2c1C. The molecule has 2 heterocycles. The molecule has 0 spiro atoms. The van der Waals surface area contributed by atoms with E-state index in [0.717, 1.165) is 35.5 Å².